The highest BCUT2D eigenvalue weighted by molar-refractivity contribution is 5.87. The predicted octanol–water partition coefficient (Wildman–Crippen LogP) is 2.21. The first kappa shape index (κ1) is 23.9. The largest absolute Gasteiger partial charge is 0.495 e. The first-order valence-corrected chi connectivity index (χ1v) is 12.0. The van der Waals surface area contributed by atoms with E-state index in [2.05, 4.69) is 5.32 Å². The molecule has 3 saturated heterocycles. The smallest absolute Gasteiger partial charge is 0.412 e. The third-order valence-corrected chi connectivity index (χ3v) is 7.91. The van der Waals surface area contributed by atoms with Gasteiger partial charge in [0.15, 0.2) is 0 Å². The van der Waals surface area contributed by atoms with E-state index >= 15 is 0 Å². The van der Waals surface area contributed by atoms with Gasteiger partial charge in [0.2, 0.25) is 0 Å². The number of rotatable bonds is 4. The zero-order valence-electron chi connectivity index (χ0n) is 20.6. The van der Waals surface area contributed by atoms with Gasteiger partial charge in [0.1, 0.15) is 30.2 Å². The highest BCUT2D eigenvalue weighted by atomic mass is 16.7. The summed E-state index contributed by atoms with van der Waals surface area (Å²) in [4.78, 5) is 40.5. The zero-order valence-corrected chi connectivity index (χ0v) is 20.6. The van der Waals surface area contributed by atoms with E-state index in [1.807, 2.05) is 32.8 Å². The van der Waals surface area contributed by atoms with Gasteiger partial charge in [-0.25, -0.2) is 4.79 Å². The number of amides is 1. The Kier molecular flexibility index (Phi) is 5.91. The van der Waals surface area contributed by atoms with Gasteiger partial charge < -0.3 is 28.6 Å². The number of methoxy groups -OCH3 is 1. The van der Waals surface area contributed by atoms with Crippen LogP contribution in [0.4, 0.5) is 10.5 Å². The van der Waals surface area contributed by atoms with E-state index in [0.717, 1.165) is 0 Å². The summed E-state index contributed by atoms with van der Waals surface area (Å²) in [5, 5.41) is 2.74. The third-order valence-electron chi connectivity index (χ3n) is 7.91. The Morgan fingerprint density at radius 2 is 1.86 bits per heavy atom. The fraction of sp³-hybridized carbons (Fsp3) is 0.640. The number of para-hydroxylation sites is 2. The van der Waals surface area contributed by atoms with Crippen LogP contribution < -0.4 is 10.1 Å². The number of fused-ring (bicyclic) bond motifs is 5. The fourth-order valence-corrected chi connectivity index (χ4v) is 6.14. The van der Waals surface area contributed by atoms with Crippen molar-refractivity contribution in [3.63, 3.8) is 0 Å². The first-order valence-electron chi connectivity index (χ1n) is 12.0. The summed E-state index contributed by atoms with van der Waals surface area (Å²) >= 11 is 0. The molecule has 3 heterocycles. The Balaban J connectivity index is 1.45. The lowest BCUT2D eigenvalue weighted by atomic mass is 9.76. The molecule has 9 atom stereocenters. The zero-order chi connectivity index (χ0) is 25.1. The lowest BCUT2D eigenvalue weighted by molar-refractivity contribution is -0.149. The van der Waals surface area contributed by atoms with Crippen LogP contribution in [0.1, 0.15) is 26.7 Å². The number of anilines is 1. The summed E-state index contributed by atoms with van der Waals surface area (Å²) in [6, 6.07) is 6.54. The van der Waals surface area contributed by atoms with Crippen molar-refractivity contribution in [2.75, 3.05) is 26.5 Å². The van der Waals surface area contributed by atoms with Crippen molar-refractivity contribution in [3.8, 4) is 5.75 Å². The predicted molar refractivity (Wildman–Crippen MR) is 123 cm³/mol. The number of hydrogen-bond acceptors (Lipinski definition) is 9. The molecule has 2 bridgehead atoms. The number of ether oxygens (including phenoxy) is 5. The molecule has 10 nitrogen and oxygen atoms in total. The molecule has 0 radical (unpaired) electrons. The van der Waals surface area contributed by atoms with Crippen molar-refractivity contribution >= 4 is 23.7 Å². The second-order valence-corrected chi connectivity index (χ2v) is 10.4. The van der Waals surface area contributed by atoms with Crippen LogP contribution in [0.5, 0.6) is 5.75 Å². The second-order valence-electron chi connectivity index (χ2n) is 10.4. The van der Waals surface area contributed by atoms with Gasteiger partial charge in [-0.05, 0) is 39.6 Å². The van der Waals surface area contributed by atoms with E-state index in [4.69, 9.17) is 23.7 Å². The van der Waals surface area contributed by atoms with E-state index in [1.54, 1.807) is 24.3 Å². The van der Waals surface area contributed by atoms with Gasteiger partial charge in [-0.1, -0.05) is 19.1 Å². The lowest BCUT2D eigenvalue weighted by Crippen LogP contribution is -2.52. The van der Waals surface area contributed by atoms with Crippen LogP contribution in [0, 0.1) is 17.8 Å². The van der Waals surface area contributed by atoms with Gasteiger partial charge in [0.25, 0.3) is 0 Å². The lowest BCUT2D eigenvalue weighted by Gasteiger charge is -2.35. The summed E-state index contributed by atoms with van der Waals surface area (Å²) in [7, 11) is 5.21. The maximum atomic E-state index is 13.1. The van der Waals surface area contributed by atoms with Gasteiger partial charge in [-0.15, -0.1) is 0 Å². The normalized spacial score (nSPS) is 39.7. The van der Waals surface area contributed by atoms with Crippen LogP contribution in [0.2, 0.25) is 0 Å². The molecule has 4 fully saturated rings. The molecule has 1 N–H and O–H groups in total. The summed E-state index contributed by atoms with van der Waals surface area (Å²) in [6.07, 6.45) is -1.92. The highest BCUT2D eigenvalue weighted by Gasteiger charge is 2.66. The molecule has 1 aromatic carbocycles. The van der Waals surface area contributed by atoms with Crippen molar-refractivity contribution in [1.29, 1.82) is 0 Å². The molecule has 3 aliphatic heterocycles. The van der Waals surface area contributed by atoms with Gasteiger partial charge in [-0.3, -0.25) is 14.9 Å². The summed E-state index contributed by atoms with van der Waals surface area (Å²) in [6.45, 7) is 3.75. The summed E-state index contributed by atoms with van der Waals surface area (Å²) in [5.41, 5.74) is -0.202. The molecular formula is C25H32N2O8. The van der Waals surface area contributed by atoms with Crippen LogP contribution in [0.25, 0.3) is 0 Å². The molecule has 190 valence electrons. The SMILES string of the molecule is COc1ccccc1NC(=O)OC1C(N(C)C)C2CC(OC2=O)C2C(CC3(C)OC13)OC(=O)C2C. The van der Waals surface area contributed by atoms with Gasteiger partial charge in [0.05, 0.1) is 36.3 Å². The molecule has 0 spiro atoms. The van der Waals surface area contributed by atoms with Crippen LogP contribution >= 0.6 is 0 Å². The van der Waals surface area contributed by atoms with Gasteiger partial charge in [-0.2, -0.15) is 0 Å². The number of hydrogen-bond donors (Lipinski definition) is 1. The van der Waals surface area contributed by atoms with Crippen molar-refractivity contribution in [2.24, 2.45) is 17.8 Å². The standard InChI is InChI=1S/C25H32N2O8/c1-12-18-16-10-13(23(29)32-16)19(27(3)4)20(21-25(2,35-21)11-17(18)33-22(12)28)34-24(30)26-14-8-6-7-9-15(14)31-5/h6-9,12-13,16-21H,10-11H2,1-5H3,(H,26,30). The van der Waals surface area contributed by atoms with Gasteiger partial charge in [0, 0.05) is 12.3 Å². The Bertz CT molecular complexity index is 1030. The number of benzene rings is 1. The van der Waals surface area contributed by atoms with Crippen LogP contribution in [-0.2, 0) is 28.5 Å². The van der Waals surface area contributed by atoms with Crippen LogP contribution in [-0.4, -0.2) is 80.2 Å². The minimum atomic E-state index is -0.757. The van der Waals surface area contributed by atoms with E-state index < -0.39 is 48.1 Å². The average Bonchev–Trinajstić information content (AvgIpc) is 3.20. The van der Waals surface area contributed by atoms with Crippen molar-refractivity contribution in [3.05, 3.63) is 24.3 Å². The molecule has 1 aromatic rings. The van der Waals surface area contributed by atoms with Crippen LogP contribution in [0.15, 0.2) is 24.3 Å². The molecule has 1 saturated carbocycles. The Morgan fingerprint density at radius 1 is 1.14 bits per heavy atom. The summed E-state index contributed by atoms with van der Waals surface area (Å²) in [5.74, 6) is -1.29. The molecule has 10 heteroatoms. The van der Waals surface area contributed by atoms with Crippen molar-refractivity contribution < 1.29 is 38.1 Å². The number of esters is 2. The Morgan fingerprint density at radius 3 is 2.57 bits per heavy atom. The minimum Gasteiger partial charge on any atom is -0.495 e. The van der Waals surface area contributed by atoms with E-state index in [-0.39, 0.29) is 23.8 Å². The molecular weight excluding hydrogens is 456 g/mol. The topological polar surface area (TPSA) is 116 Å². The van der Waals surface area contributed by atoms with E-state index in [1.165, 1.54) is 7.11 Å². The molecule has 1 amide bonds. The Labute approximate surface area is 204 Å². The number of epoxide rings is 1. The fourth-order valence-electron chi connectivity index (χ4n) is 6.14. The number of likely N-dealkylation sites (N-methyl/N-ethyl adjacent to an activating group) is 1. The van der Waals surface area contributed by atoms with E-state index in [9.17, 15) is 14.4 Å². The maximum Gasteiger partial charge on any atom is 0.412 e. The number of carbonyl (C=O) groups is 3. The van der Waals surface area contributed by atoms with E-state index in [0.29, 0.717) is 24.3 Å². The monoisotopic (exact) mass is 488 g/mol. The van der Waals surface area contributed by atoms with Crippen LogP contribution in [0.3, 0.4) is 0 Å². The maximum absolute atomic E-state index is 13.1. The quantitative estimate of drug-likeness (QED) is 0.387. The van der Waals surface area contributed by atoms with Crippen molar-refractivity contribution in [1.82, 2.24) is 4.90 Å². The molecule has 4 aliphatic rings. The number of carbonyl (C=O) groups excluding carboxylic acids is 3. The summed E-state index contributed by atoms with van der Waals surface area (Å²) < 4.78 is 29.0. The molecule has 1 aliphatic carbocycles. The average molecular weight is 489 g/mol. The number of nitrogens with zero attached hydrogens (tertiary/aromatic N) is 1. The molecule has 35 heavy (non-hydrogen) atoms. The Hall–Kier alpha value is -2.85. The molecule has 0 aromatic heterocycles. The third kappa shape index (κ3) is 4.12. The minimum absolute atomic E-state index is 0.229. The first-order chi connectivity index (χ1) is 16.6. The number of nitrogens with one attached hydrogen (secondary N) is 1. The second kappa shape index (κ2) is 8.67. The van der Waals surface area contributed by atoms with Gasteiger partial charge >= 0.3 is 18.0 Å². The van der Waals surface area contributed by atoms with Crippen molar-refractivity contribution in [2.45, 2.75) is 62.7 Å². The molecule has 5 rings (SSSR count). The molecule has 9 unspecified atom stereocenters. The highest BCUT2D eigenvalue weighted by Crippen LogP contribution is 2.52.